The molecule has 1 aliphatic carbocycles. The molecule has 2 aliphatic rings. The van der Waals surface area contributed by atoms with Crippen LogP contribution >= 0.6 is 0 Å². The lowest BCUT2D eigenvalue weighted by Crippen LogP contribution is -2.43. The summed E-state index contributed by atoms with van der Waals surface area (Å²) in [7, 11) is 0. The number of nitrogens with zero attached hydrogens (tertiary/aromatic N) is 1. The fraction of sp³-hybridized carbons (Fsp3) is 0.684. The summed E-state index contributed by atoms with van der Waals surface area (Å²) >= 11 is 0. The Morgan fingerprint density at radius 1 is 1.14 bits per heavy atom. The van der Waals surface area contributed by atoms with Crippen LogP contribution in [-0.4, -0.2) is 29.1 Å². The van der Waals surface area contributed by atoms with Gasteiger partial charge in [0, 0.05) is 6.04 Å². The smallest absolute Gasteiger partial charge is 0.0948 e. The Labute approximate surface area is 129 Å². The monoisotopic (exact) mass is 287 g/mol. The molecule has 1 aliphatic heterocycles. The number of likely N-dealkylation sites (tertiary alicyclic amines) is 1. The van der Waals surface area contributed by atoms with Gasteiger partial charge in [-0.05, 0) is 61.7 Å². The zero-order valence-corrected chi connectivity index (χ0v) is 13.5. The Kier molecular flexibility index (Phi) is 4.66. The van der Waals surface area contributed by atoms with Crippen molar-refractivity contribution in [3.63, 3.8) is 0 Å². The van der Waals surface area contributed by atoms with Crippen LogP contribution in [0.4, 0.5) is 0 Å². The molecule has 1 saturated heterocycles. The molecule has 4 atom stereocenters. The molecule has 1 heterocycles. The Morgan fingerprint density at radius 3 is 2.67 bits per heavy atom. The van der Waals surface area contributed by atoms with Gasteiger partial charge in [-0.3, -0.25) is 4.90 Å². The third-order valence-electron chi connectivity index (χ3n) is 5.73. The molecular formula is C19H29NO. The summed E-state index contributed by atoms with van der Waals surface area (Å²) in [6.07, 6.45) is 6.04. The predicted molar refractivity (Wildman–Crippen MR) is 87.4 cm³/mol. The summed E-state index contributed by atoms with van der Waals surface area (Å²) in [6, 6.07) is 8.78. The van der Waals surface area contributed by atoms with E-state index in [0.29, 0.717) is 12.0 Å². The van der Waals surface area contributed by atoms with E-state index in [1.165, 1.54) is 31.2 Å². The molecule has 0 saturated carbocycles. The van der Waals surface area contributed by atoms with Gasteiger partial charge in [-0.25, -0.2) is 0 Å². The molecule has 0 aromatic heterocycles. The second-order valence-electron chi connectivity index (χ2n) is 7.02. The molecule has 3 rings (SSSR count). The maximum atomic E-state index is 10.9. The fourth-order valence-corrected chi connectivity index (χ4v) is 4.33. The summed E-state index contributed by atoms with van der Waals surface area (Å²) in [4.78, 5) is 2.58. The van der Waals surface area contributed by atoms with E-state index in [1.807, 2.05) is 0 Å². The SMILES string of the molecule is CCC1CCCN(C2CC(C)c3ccccc3C2O)CC1. The number of aliphatic hydroxyl groups is 1. The highest BCUT2D eigenvalue weighted by atomic mass is 16.3. The fourth-order valence-electron chi connectivity index (χ4n) is 4.33. The first-order chi connectivity index (χ1) is 10.2. The van der Waals surface area contributed by atoms with Crippen LogP contribution in [0.2, 0.25) is 0 Å². The van der Waals surface area contributed by atoms with Crippen LogP contribution in [0.3, 0.4) is 0 Å². The summed E-state index contributed by atoms with van der Waals surface area (Å²) in [5.41, 5.74) is 2.51. The quantitative estimate of drug-likeness (QED) is 0.885. The molecule has 116 valence electrons. The van der Waals surface area contributed by atoms with Crippen LogP contribution in [0, 0.1) is 5.92 Å². The first-order valence-corrected chi connectivity index (χ1v) is 8.71. The molecule has 1 aromatic rings. The number of aliphatic hydroxyl groups excluding tert-OH is 1. The summed E-state index contributed by atoms with van der Waals surface area (Å²) in [5, 5.41) is 10.9. The van der Waals surface area contributed by atoms with Crippen LogP contribution in [0.15, 0.2) is 24.3 Å². The van der Waals surface area contributed by atoms with E-state index in [9.17, 15) is 5.11 Å². The van der Waals surface area contributed by atoms with E-state index >= 15 is 0 Å². The standard InChI is InChI=1S/C19H29NO/c1-3-15-7-6-11-20(12-10-15)18-13-14(2)16-8-4-5-9-17(16)19(18)21/h4-5,8-9,14-15,18-19,21H,3,6-7,10-13H2,1-2H3. The van der Waals surface area contributed by atoms with Gasteiger partial charge in [0.05, 0.1) is 6.10 Å². The number of benzene rings is 1. The number of hydrogen-bond acceptors (Lipinski definition) is 2. The van der Waals surface area contributed by atoms with Crippen LogP contribution in [0.1, 0.15) is 69.1 Å². The average molecular weight is 287 g/mol. The van der Waals surface area contributed by atoms with Crippen molar-refractivity contribution in [2.45, 2.75) is 64.0 Å². The highest BCUT2D eigenvalue weighted by Crippen LogP contribution is 2.40. The topological polar surface area (TPSA) is 23.5 Å². The van der Waals surface area contributed by atoms with Gasteiger partial charge in [-0.2, -0.15) is 0 Å². The minimum absolute atomic E-state index is 0.310. The van der Waals surface area contributed by atoms with E-state index < -0.39 is 0 Å². The van der Waals surface area contributed by atoms with Crippen LogP contribution in [-0.2, 0) is 0 Å². The maximum absolute atomic E-state index is 10.9. The molecule has 1 aromatic carbocycles. The third kappa shape index (κ3) is 3.02. The van der Waals surface area contributed by atoms with Crippen molar-refractivity contribution < 1.29 is 5.11 Å². The maximum Gasteiger partial charge on any atom is 0.0948 e. The first kappa shape index (κ1) is 15.1. The van der Waals surface area contributed by atoms with Crippen molar-refractivity contribution in [3.8, 4) is 0 Å². The normalized spacial score (nSPS) is 34.2. The van der Waals surface area contributed by atoms with E-state index in [4.69, 9.17) is 0 Å². The zero-order valence-electron chi connectivity index (χ0n) is 13.5. The molecule has 4 unspecified atom stereocenters. The summed E-state index contributed by atoms with van der Waals surface area (Å²) in [6.45, 7) is 6.95. The van der Waals surface area contributed by atoms with Gasteiger partial charge in [0.15, 0.2) is 0 Å². The van der Waals surface area contributed by atoms with Crippen LogP contribution in [0.5, 0.6) is 0 Å². The van der Waals surface area contributed by atoms with Gasteiger partial charge >= 0.3 is 0 Å². The summed E-state index contributed by atoms with van der Waals surface area (Å²) in [5.74, 6) is 1.44. The van der Waals surface area contributed by atoms with Crippen molar-refractivity contribution >= 4 is 0 Å². The van der Waals surface area contributed by atoms with E-state index in [2.05, 4.69) is 43.0 Å². The molecule has 0 amide bonds. The lowest BCUT2D eigenvalue weighted by Gasteiger charge is -2.40. The van der Waals surface area contributed by atoms with Crippen molar-refractivity contribution in [2.24, 2.45) is 5.92 Å². The molecule has 1 N–H and O–H groups in total. The van der Waals surface area contributed by atoms with Gasteiger partial charge in [-0.15, -0.1) is 0 Å². The highest BCUT2D eigenvalue weighted by Gasteiger charge is 2.35. The lowest BCUT2D eigenvalue weighted by atomic mass is 9.78. The minimum atomic E-state index is -0.310. The van der Waals surface area contributed by atoms with Crippen molar-refractivity contribution in [2.75, 3.05) is 13.1 Å². The highest BCUT2D eigenvalue weighted by molar-refractivity contribution is 5.35. The number of fused-ring (bicyclic) bond motifs is 1. The van der Waals surface area contributed by atoms with E-state index in [-0.39, 0.29) is 6.10 Å². The van der Waals surface area contributed by atoms with Crippen molar-refractivity contribution in [3.05, 3.63) is 35.4 Å². The number of rotatable bonds is 2. The predicted octanol–water partition coefficient (Wildman–Crippen LogP) is 4.11. The van der Waals surface area contributed by atoms with Crippen LogP contribution in [0.25, 0.3) is 0 Å². The molecule has 0 radical (unpaired) electrons. The zero-order chi connectivity index (χ0) is 14.8. The Balaban J connectivity index is 1.77. The second kappa shape index (κ2) is 6.50. The van der Waals surface area contributed by atoms with Crippen molar-refractivity contribution in [1.82, 2.24) is 4.90 Å². The Bertz CT molecular complexity index is 472. The molecule has 2 nitrogen and oxygen atoms in total. The first-order valence-electron chi connectivity index (χ1n) is 8.71. The largest absolute Gasteiger partial charge is 0.387 e. The van der Waals surface area contributed by atoms with Gasteiger partial charge in [0.25, 0.3) is 0 Å². The minimum Gasteiger partial charge on any atom is -0.387 e. The van der Waals surface area contributed by atoms with Gasteiger partial charge in [0.1, 0.15) is 0 Å². The summed E-state index contributed by atoms with van der Waals surface area (Å²) < 4.78 is 0. The molecule has 2 heteroatoms. The third-order valence-corrected chi connectivity index (χ3v) is 5.73. The molecular weight excluding hydrogens is 258 g/mol. The molecule has 0 spiro atoms. The molecule has 1 fully saturated rings. The van der Waals surface area contributed by atoms with Crippen LogP contribution < -0.4 is 0 Å². The molecule has 21 heavy (non-hydrogen) atoms. The molecule has 0 bridgehead atoms. The van der Waals surface area contributed by atoms with E-state index in [0.717, 1.165) is 31.0 Å². The average Bonchev–Trinajstić information content (AvgIpc) is 2.76. The Morgan fingerprint density at radius 2 is 1.90 bits per heavy atom. The lowest BCUT2D eigenvalue weighted by molar-refractivity contribution is 0.0322. The van der Waals surface area contributed by atoms with Crippen molar-refractivity contribution in [1.29, 1.82) is 0 Å². The van der Waals surface area contributed by atoms with E-state index in [1.54, 1.807) is 0 Å². The second-order valence-corrected chi connectivity index (χ2v) is 7.02. The van der Waals surface area contributed by atoms with Gasteiger partial charge in [-0.1, -0.05) is 44.5 Å². The van der Waals surface area contributed by atoms with Gasteiger partial charge in [0.2, 0.25) is 0 Å². The Hall–Kier alpha value is -0.860. The van der Waals surface area contributed by atoms with Gasteiger partial charge < -0.3 is 5.11 Å². The number of hydrogen-bond donors (Lipinski definition) is 1.